The van der Waals surface area contributed by atoms with Crippen LogP contribution in [0.1, 0.15) is 22.6 Å². The molecule has 1 nitrogen and oxygen atoms in total. The topological polar surface area (TPSA) is 15.8 Å². The largest absolute Gasteiger partial charge is 0.356 e. The average Bonchev–Trinajstić information content (AvgIpc) is 3.39. The summed E-state index contributed by atoms with van der Waals surface area (Å²) in [6.45, 7) is 0. The summed E-state index contributed by atoms with van der Waals surface area (Å²) in [6.07, 6.45) is 0. The molecule has 5 aromatic rings. The Morgan fingerprint density at radius 2 is 0.488 bits per heavy atom. The normalized spacial score (nSPS) is 11.7. The van der Waals surface area contributed by atoms with Gasteiger partial charge in [0.2, 0.25) is 0 Å². The molecule has 0 saturated heterocycles. The van der Waals surface area contributed by atoms with Crippen LogP contribution in [0, 0.1) is 0 Å². The minimum atomic E-state index is -1.24. The molecule has 0 bridgehead atoms. The van der Waals surface area contributed by atoms with E-state index in [0.717, 1.165) is 0 Å². The van der Waals surface area contributed by atoms with E-state index in [2.05, 4.69) is 4.98 Å². The van der Waals surface area contributed by atoms with Crippen LogP contribution >= 0.6 is 0 Å². The number of benzene rings is 4. The van der Waals surface area contributed by atoms with Gasteiger partial charge in [0, 0.05) is 17.0 Å². The molecule has 0 fully saturated rings. The van der Waals surface area contributed by atoms with Gasteiger partial charge in [-0.1, -0.05) is 44.0 Å². The zero-order valence-electron chi connectivity index (χ0n) is 22.9. The van der Waals surface area contributed by atoms with E-state index in [4.69, 9.17) is 133 Å². The fourth-order valence-electron chi connectivity index (χ4n) is 5.67. The molecule has 0 spiro atoms. The summed E-state index contributed by atoms with van der Waals surface area (Å²) in [5.74, 6) is -1.24. The first kappa shape index (κ1) is 32.2. The molecule has 34 radical (unpaired) electrons. The summed E-state index contributed by atoms with van der Waals surface area (Å²) in [5, 5.41) is 0.637. The van der Waals surface area contributed by atoms with Crippen molar-refractivity contribution in [1.29, 1.82) is 0 Å². The number of nitrogens with one attached hydrogen (secondary N) is 1. The van der Waals surface area contributed by atoms with E-state index in [-0.39, 0.29) is 110 Å². The second kappa shape index (κ2) is 11.0. The summed E-state index contributed by atoms with van der Waals surface area (Å²) in [7, 11) is 109. The van der Waals surface area contributed by atoms with Crippen LogP contribution in [0.2, 0.25) is 0 Å². The zero-order chi connectivity index (χ0) is 32.1. The quantitative estimate of drug-likeness (QED) is 0.187. The van der Waals surface area contributed by atoms with E-state index in [0.29, 0.717) is 21.8 Å². The number of aromatic nitrogens is 1. The predicted molar refractivity (Wildman–Crippen MR) is 201 cm³/mol. The number of hydrogen-bond donors (Lipinski definition) is 1. The Morgan fingerprint density at radius 1 is 0.256 bits per heavy atom. The molecule has 43 heavy (non-hydrogen) atoms. The van der Waals surface area contributed by atoms with Crippen molar-refractivity contribution in [2.75, 3.05) is 0 Å². The Labute approximate surface area is 274 Å². The summed E-state index contributed by atoms with van der Waals surface area (Å²) in [4.78, 5) is 3.11. The summed E-state index contributed by atoms with van der Waals surface area (Å²) < 4.78 is 0. The van der Waals surface area contributed by atoms with Crippen LogP contribution in [0.4, 0.5) is 0 Å². The molecule has 5 rings (SSSR count). The number of hydrogen-bond acceptors (Lipinski definition) is 0. The van der Waals surface area contributed by atoms with Crippen molar-refractivity contribution >= 4 is 248 Å². The Kier molecular flexibility index (Phi) is 8.23. The van der Waals surface area contributed by atoms with Crippen LogP contribution in [0.3, 0.4) is 0 Å². The summed E-state index contributed by atoms with van der Waals surface area (Å²) in [5.41, 5.74) is 0.662. The molecule has 0 unspecified atom stereocenters. The van der Waals surface area contributed by atoms with Gasteiger partial charge in [-0.25, -0.2) is 0 Å². The molecule has 0 aliphatic heterocycles. The Hall–Kier alpha value is -2.22. The molecule has 1 heterocycles. The van der Waals surface area contributed by atoms with Crippen LogP contribution in [-0.2, 0) is 0 Å². The second-order valence-corrected chi connectivity index (χ2v) is 10.3. The Balaban J connectivity index is 2.10. The molecule has 0 atom stereocenters. The van der Waals surface area contributed by atoms with E-state index < -0.39 is 5.92 Å². The SMILES string of the molecule is [B]c1c([B])c([B])c(C(c2c([B])c([B])c([B])c([B])c2[B])c2c([B])c([B])c3[nH]c4c([B])c([B])c([B])c([B])c4c3c2[B])c([B])c1[B]. The lowest BCUT2D eigenvalue weighted by Crippen LogP contribution is -2.60. The molecular formula is C25H2B17N. The smallest absolute Gasteiger partial charge is 0.115 e. The van der Waals surface area contributed by atoms with Gasteiger partial charge in [-0.15, -0.1) is 65.6 Å². The number of aromatic amines is 1. The molecule has 0 amide bonds. The highest BCUT2D eigenvalue weighted by Crippen LogP contribution is 2.28. The highest BCUT2D eigenvalue weighted by atomic mass is 14.7. The first-order valence-electron chi connectivity index (χ1n) is 12.5. The van der Waals surface area contributed by atoms with E-state index in [1.807, 2.05) is 0 Å². The fourth-order valence-corrected chi connectivity index (χ4v) is 5.67. The fraction of sp³-hybridized carbons (Fsp3) is 0.0400. The van der Waals surface area contributed by atoms with Crippen molar-refractivity contribution in [2.24, 2.45) is 0 Å². The van der Waals surface area contributed by atoms with Crippen LogP contribution in [-0.4, -0.2) is 138 Å². The van der Waals surface area contributed by atoms with E-state index in [1.54, 1.807) is 0 Å². The zero-order valence-corrected chi connectivity index (χ0v) is 22.9. The number of fused-ring (bicyclic) bond motifs is 3. The van der Waals surface area contributed by atoms with Crippen molar-refractivity contribution < 1.29 is 0 Å². The van der Waals surface area contributed by atoms with Gasteiger partial charge in [-0.2, -0.15) is 0 Å². The van der Waals surface area contributed by atoms with Crippen LogP contribution in [0.15, 0.2) is 0 Å². The van der Waals surface area contributed by atoms with Crippen LogP contribution in [0.5, 0.6) is 0 Å². The van der Waals surface area contributed by atoms with Gasteiger partial charge >= 0.3 is 0 Å². The maximum absolute atomic E-state index is 6.93. The first-order valence-corrected chi connectivity index (χ1v) is 12.5. The van der Waals surface area contributed by atoms with Gasteiger partial charge in [-0.3, -0.25) is 0 Å². The molecule has 0 aliphatic rings. The van der Waals surface area contributed by atoms with E-state index in [9.17, 15) is 0 Å². The molecular weight excluding hydrogens is 498 g/mol. The van der Waals surface area contributed by atoms with Crippen molar-refractivity contribution in [3.05, 3.63) is 16.7 Å². The van der Waals surface area contributed by atoms with Crippen molar-refractivity contribution in [3.8, 4) is 0 Å². The maximum Gasteiger partial charge on any atom is 0.115 e. The van der Waals surface area contributed by atoms with Gasteiger partial charge in [0.25, 0.3) is 0 Å². The maximum atomic E-state index is 6.93. The molecule has 0 saturated carbocycles. The Morgan fingerprint density at radius 3 is 0.884 bits per heavy atom. The van der Waals surface area contributed by atoms with Crippen molar-refractivity contribution in [1.82, 2.24) is 4.98 Å². The predicted octanol–water partition coefficient (Wildman–Crippen LogP) is -14.0. The van der Waals surface area contributed by atoms with Crippen LogP contribution < -0.4 is 92.9 Å². The third-order valence-electron chi connectivity index (χ3n) is 8.17. The van der Waals surface area contributed by atoms with Gasteiger partial charge in [0.15, 0.2) is 0 Å². The third kappa shape index (κ3) is 4.39. The number of rotatable bonds is 3. The molecule has 1 aromatic heterocycles. The molecule has 4 aromatic carbocycles. The molecule has 158 valence electrons. The molecule has 1 N–H and O–H groups in total. The minimum Gasteiger partial charge on any atom is -0.356 e. The van der Waals surface area contributed by atoms with Gasteiger partial charge < -0.3 is 4.98 Å². The standard InChI is InChI=1S/C25H2B17N/c26-7-2(12(31)22(41)24-5(7)6-13(32)18(37)21(40)23(42)25(6)43-24)1(3-8(27)14(33)19(38)15(34)9(3)28)4-10(29)16(35)20(39)17(36)11(4)30/h1,43H. The lowest BCUT2D eigenvalue weighted by atomic mass is 9.53. The highest BCUT2D eigenvalue weighted by Gasteiger charge is 2.30. The van der Waals surface area contributed by atoms with E-state index in [1.165, 1.54) is 0 Å². The lowest BCUT2D eigenvalue weighted by molar-refractivity contribution is 1.04. The van der Waals surface area contributed by atoms with Crippen LogP contribution in [0.25, 0.3) is 21.8 Å². The molecule has 18 heteroatoms. The van der Waals surface area contributed by atoms with Gasteiger partial charge in [0.05, 0.1) is 0 Å². The highest BCUT2D eigenvalue weighted by molar-refractivity contribution is 6.71. The number of H-pyrrole nitrogens is 1. The average molecular weight is 500 g/mol. The third-order valence-corrected chi connectivity index (χ3v) is 8.17. The Bertz CT molecular complexity index is 1940. The van der Waals surface area contributed by atoms with Crippen molar-refractivity contribution in [2.45, 2.75) is 5.92 Å². The lowest BCUT2D eigenvalue weighted by Gasteiger charge is -2.35. The molecule has 0 aliphatic carbocycles. The second-order valence-electron chi connectivity index (χ2n) is 10.3. The van der Waals surface area contributed by atoms with Crippen molar-refractivity contribution in [3.63, 3.8) is 0 Å². The van der Waals surface area contributed by atoms with Gasteiger partial charge in [0.1, 0.15) is 133 Å². The van der Waals surface area contributed by atoms with Gasteiger partial charge in [-0.05, 0) is 10.8 Å². The first-order chi connectivity index (χ1) is 20.0. The van der Waals surface area contributed by atoms with E-state index >= 15 is 0 Å². The summed E-state index contributed by atoms with van der Waals surface area (Å²) in [6, 6.07) is 0. The minimum absolute atomic E-state index is 0.0276. The monoisotopic (exact) mass is 503 g/mol. The summed E-state index contributed by atoms with van der Waals surface area (Å²) >= 11 is 0.